The van der Waals surface area contributed by atoms with E-state index in [2.05, 4.69) is 5.32 Å². The van der Waals surface area contributed by atoms with Crippen molar-refractivity contribution < 1.29 is 23.8 Å². The minimum absolute atomic E-state index is 0.0247. The summed E-state index contributed by atoms with van der Waals surface area (Å²) in [6.07, 6.45) is -0.850. The van der Waals surface area contributed by atoms with Crippen LogP contribution in [0, 0.1) is 12.7 Å². The van der Waals surface area contributed by atoms with Gasteiger partial charge in [0.2, 0.25) is 0 Å². The van der Waals surface area contributed by atoms with Gasteiger partial charge in [-0.15, -0.1) is 0 Å². The number of benzene rings is 2. The first-order chi connectivity index (χ1) is 12.0. The molecule has 2 aromatic rings. The molecule has 0 spiro atoms. The second kappa shape index (κ2) is 9.15. The zero-order valence-corrected chi connectivity index (χ0v) is 14.3. The lowest BCUT2D eigenvalue weighted by Crippen LogP contribution is -2.34. The van der Waals surface area contributed by atoms with E-state index in [0.717, 1.165) is 11.3 Å². The number of rotatable bonds is 8. The highest BCUT2D eigenvalue weighted by molar-refractivity contribution is 5.94. The average molecular weight is 347 g/mol. The van der Waals surface area contributed by atoms with E-state index < -0.39 is 17.8 Å². The Morgan fingerprint density at radius 1 is 1.24 bits per heavy atom. The summed E-state index contributed by atoms with van der Waals surface area (Å²) in [4.78, 5) is 11.9. The van der Waals surface area contributed by atoms with Gasteiger partial charge < -0.3 is 19.9 Å². The number of carbonyl (C=O) groups is 1. The molecule has 2 aromatic carbocycles. The van der Waals surface area contributed by atoms with Gasteiger partial charge in [0, 0.05) is 12.1 Å². The van der Waals surface area contributed by atoms with Crippen molar-refractivity contribution in [2.45, 2.75) is 19.6 Å². The number of halogens is 1. The van der Waals surface area contributed by atoms with Gasteiger partial charge in [-0.2, -0.15) is 0 Å². The summed E-state index contributed by atoms with van der Waals surface area (Å²) in [6.45, 7) is 2.07. The molecule has 0 aromatic heterocycles. The number of hydrogen-bond donors (Lipinski definition) is 2. The second-order valence-corrected chi connectivity index (χ2v) is 5.69. The molecule has 2 N–H and O–H groups in total. The topological polar surface area (TPSA) is 67.8 Å². The smallest absolute Gasteiger partial charge is 0.251 e. The summed E-state index contributed by atoms with van der Waals surface area (Å²) < 4.78 is 24.0. The van der Waals surface area contributed by atoms with Crippen LogP contribution in [0.3, 0.4) is 0 Å². The van der Waals surface area contributed by atoms with Gasteiger partial charge >= 0.3 is 0 Å². The van der Waals surface area contributed by atoms with Crippen molar-refractivity contribution in [3.63, 3.8) is 0 Å². The fraction of sp³-hybridized carbons (Fsp3) is 0.316. The maximum Gasteiger partial charge on any atom is 0.251 e. The van der Waals surface area contributed by atoms with Crippen LogP contribution in [0.5, 0.6) is 5.75 Å². The Morgan fingerprint density at radius 3 is 2.60 bits per heavy atom. The van der Waals surface area contributed by atoms with Crippen molar-refractivity contribution in [1.82, 2.24) is 5.32 Å². The molecule has 0 saturated heterocycles. The van der Waals surface area contributed by atoms with E-state index in [-0.39, 0.29) is 18.7 Å². The maximum atomic E-state index is 13.5. The minimum Gasteiger partial charge on any atom is -0.497 e. The van der Waals surface area contributed by atoms with Crippen LogP contribution in [0.25, 0.3) is 0 Å². The fourth-order valence-corrected chi connectivity index (χ4v) is 2.14. The van der Waals surface area contributed by atoms with Gasteiger partial charge in [0.15, 0.2) is 0 Å². The number of nitrogens with one attached hydrogen (secondary N) is 1. The first-order valence-corrected chi connectivity index (χ1v) is 7.92. The van der Waals surface area contributed by atoms with E-state index in [9.17, 15) is 14.3 Å². The van der Waals surface area contributed by atoms with Crippen LogP contribution < -0.4 is 10.1 Å². The molecule has 0 radical (unpaired) electrons. The Hall–Kier alpha value is -2.44. The predicted molar refractivity (Wildman–Crippen MR) is 92.1 cm³/mol. The van der Waals surface area contributed by atoms with Crippen molar-refractivity contribution in [2.75, 3.05) is 20.3 Å². The van der Waals surface area contributed by atoms with Crippen LogP contribution >= 0.6 is 0 Å². The molecular weight excluding hydrogens is 325 g/mol. The molecule has 0 fully saturated rings. The van der Waals surface area contributed by atoms with E-state index >= 15 is 0 Å². The van der Waals surface area contributed by atoms with Crippen LogP contribution in [0.4, 0.5) is 4.39 Å². The third-order valence-corrected chi connectivity index (χ3v) is 3.67. The largest absolute Gasteiger partial charge is 0.497 e. The van der Waals surface area contributed by atoms with Gasteiger partial charge in [0.25, 0.3) is 5.91 Å². The summed E-state index contributed by atoms with van der Waals surface area (Å²) in [5.41, 5.74) is 1.64. The minimum atomic E-state index is -0.850. The monoisotopic (exact) mass is 347 g/mol. The highest BCUT2D eigenvalue weighted by Crippen LogP contribution is 2.12. The van der Waals surface area contributed by atoms with Crippen LogP contribution in [-0.2, 0) is 11.3 Å². The molecule has 0 bridgehead atoms. The lowest BCUT2D eigenvalue weighted by atomic mass is 10.1. The standard InChI is InChI=1S/C19H22FNO4/c1-13-3-6-15(9-18(13)20)19(23)21-10-16(22)12-25-11-14-4-7-17(24-2)8-5-14/h3-9,16,22H,10-12H2,1-2H3,(H,21,23). The van der Waals surface area contributed by atoms with Crippen LogP contribution in [-0.4, -0.2) is 37.4 Å². The van der Waals surface area contributed by atoms with Crippen molar-refractivity contribution in [3.8, 4) is 5.75 Å². The normalized spacial score (nSPS) is 11.8. The zero-order valence-electron chi connectivity index (χ0n) is 14.3. The number of amides is 1. The Morgan fingerprint density at radius 2 is 1.96 bits per heavy atom. The SMILES string of the molecule is COc1ccc(COCC(O)CNC(=O)c2ccc(C)c(F)c2)cc1. The van der Waals surface area contributed by atoms with Crippen molar-refractivity contribution >= 4 is 5.91 Å². The summed E-state index contributed by atoms with van der Waals surface area (Å²) in [5.74, 6) is -0.108. The number of carbonyl (C=O) groups excluding carboxylic acids is 1. The van der Waals surface area contributed by atoms with Gasteiger partial charge in [-0.1, -0.05) is 18.2 Å². The molecule has 2 rings (SSSR count). The van der Waals surface area contributed by atoms with Crippen molar-refractivity contribution in [2.24, 2.45) is 0 Å². The number of aliphatic hydroxyl groups excluding tert-OH is 1. The Balaban J connectivity index is 1.71. The Bertz CT molecular complexity index is 703. The van der Waals surface area contributed by atoms with Gasteiger partial charge in [-0.3, -0.25) is 4.79 Å². The third kappa shape index (κ3) is 5.85. The number of aliphatic hydroxyl groups is 1. The molecule has 0 saturated carbocycles. The van der Waals surface area contributed by atoms with Crippen molar-refractivity contribution in [3.05, 3.63) is 65.0 Å². The van der Waals surface area contributed by atoms with Gasteiger partial charge in [0.05, 0.1) is 26.4 Å². The predicted octanol–water partition coefficient (Wildman–Crippen LogP) is 2.45. The zero-order chi connectivity index (χ0) is 18.2. The van der Waals surface area contributed by atoms with E-state index in [1.54, 1.807) is 26.2 Å². The van der Waals surface area contributed by atoms with E-state index in [1.807, 2.05) is 24.3 Å². The van der Waals surface area contributed by atoms with Crippen molar-refractivity contribution in [1.29, 1.82) is 0 Å². The molecule has 1 atom stereocenters. The molecule has 0 aliphatic rings. The molecule has 5 nitrogen and oxygen atoms in total. The van der Waals surface area contributed by atoms with E-state index in [0.29, 0.717) is 12.2 Å². The van der Waals surface area contributed by atoms with Gasteiger partial charge in [-0.25, -0.2) is 4.39 Å². The fourth-order valence-electron chi connectivity index (χ4n) is 2.14. The molecule has 134 valence electrons. The van der Waals surface area contributed by atoms with Crippen LogP contribution in [0.2, 0.25) is 0 Å². The highest BCUT2D eigenvalue weighted by atomic mass is 19.1. The molecule has 6 heteroatoms. The quantitative estimate of drug-likeness (QED) is 0.770. The number of hydrogen-bond acceptors (Lipinski definition) is 4. The number of aryl methyl sites for hydroxylation is 1. The summed E-state index contributed by atoms with van der Waals surface area (Å²) in [7, 11) is 1.60. The first-order valence-electron chi connectivity index (χ1n) is 7.92. The summed E-state index contributed by atoms with van der Waals surface area (Å²) >= 11 is 0. The molecular formula is C19H22FNO4. The van der Waals surface area contributed by atoms with E-state index in [4.69, 9.17) is 9.47 Å². The maximum absolute atomic E-state index is 13.5. The molecule has 0 aliphatic carbocycles. The highest BCUT2D eigenvalue weighted by Gasteiger charge is 2.11. The molecule has 0 aliphatic heterocycles. The Kier molecular flexibility index (Phi) is 6.91. The average Bonchev–Trinajstić information content (AvgIpc) is 2.62. The number of ether oxygens (including phenoxy) is 2. The van der Waals surface area contributed by atoms with Gasteiger partial charge in [0.1, 0.15) is 11.6 Å². The second-order valence-electron chi connectivity index (χ2n) is 5.69. The summed E-state index contributed by atoms with van der Waals surface area (Å²) in [6, 6.07) is 11.7. The molecule has 1 unspecified atom stereocenters. The van der Waals surface area contributed by atoms with Gasteiger partial charge in [-0.05, 0) is 42.3 Å². The number of methoxy groups -OCH3 is 1. The Labute approximate surface area is 146 Å². The first kappa shape index (κ1) is 18.9. The molecule has 1 amide bonds. The lowest BCUT2D eigenvalue weighted by Gasteiger charge is -2.13. The molecule has 0 heterocycles. The molecule has 25 heavy (non-hydrogen) atoms. The van der Waals surface area contributed by atoms with Crippen LogP contribution in [0.1, 0.15) is 21.5 Å². The van der Waals surface area contributed by atoms with Crippen LogP contribution in [0.15, 0.2) is 42.5 Å². The lowest BCUT2D eigenvalue weighted by molar-refractivity contribution is 0.0285. The van der Waals surface area contributed by atoms with E-state index in [1.165, 1.54) is 6.07 Å². The summed E-state index contributed by atoms with van der Waals surface area (Å²) in [5, 5.41) is 12.4. The third-order valence-electron chi connectivity index (χ3n) is 3.67.